The van der Waals surface area contributed by atoms with Crippen molar-refractivity contribution in [2.24, 2.45) is 0 Å². The van der Waals surface area contributed by atoms with Crippen LogP contribution in [0.3, 0.4) is 0 Å². The van der Waals surface area contributed by atoms with Crippen molar-refractivity contribution in [3.63, 3.8) is 0 Å². The molecule has 1 heterocycles. The van der Waals surface area contributed by atoms with E-state index in [0.717, 1.165) is 5.56 Å². The van der Waals surface area contributed by atoms with Crippen molar-refractivity contribution in [3.05, 3.63) is 71.3 Å². The molecule has 0 saturated carbocycles. The fourth-order valence-electron chi connectivity index (χ4n) is 3.32. The molecule has 1 fully saturated rings. The summed E-state index contributed by atoms with van der Waals surface area (Å²) in [6, 6.07) is 15.5. The number of methoxy groups -OCH3 is 1. The molecule has 1 unspecified atom stereocenters. The Hall–Kier alpha value is -2.67. The van der Waals surface area contributed by atoms with Gasteiger partial charge < -0.3 is 9.64 Å². The van der Waals surface area contributed by atoms with Crippen molar-refractivity contribution in [1.82, 2.24) is 4.90 Å². The highest BCUT2D eigenvalue weighted by Crippen LogP contribution is 2.30. The van der Waals surface area contributed by atoms with E-state index in [0.29, 0.717) is 13.0 Å². The largest absolute Gasteiger partial charge is 0.465 e. The maximum absolute atomic E-state index is 13.0. The first-order chi connectivity index (χ1) is 12.9. The summed E-state index contributed by atoms with van der Waals surface area (Å²) in [6.45, 7) is 0.396. The second kappa shape index (κ2) is 7.92. The minimum atomic E-state index is -3.38. The Balaban J connectivity index is 1.86. The minimum absolute atomic E-state index is 0.0972. The number of hydrogen-bond acceptors (Lipinski definition) is 5. The molecule has 1 aliphatic heterocycles. The third kappa shape index (κ3) is 4.03. The molecule has 0 aliphatic carbocycles. The predicted octanol–water partition coefficient (Wildman–Crippen LogP) is 2.48. The van der Waals surface area contributed by atoms with Crippen LogP contribution in [0, 0.1) is 0 Å². The zero-order valence-electron chi connectivity index (χ0n) is 15.0. The zero-order valence-corrected chi connectivity index (χ0v) is 15.8. The minimum Gasteiger partial charge on any atom is -0.465 e. The number of amides is 1. The Kier molecular flexibility index (Phi) is 5.60. The monoisotopic (exact) mass is 387 g/mol. The van der Waals surface area contributed by atoms with Gasteiger partial charge in [-0.05, 0) is 24.1 Å². The summed E-state index contributed by atoms with van der Waals surface area (Å²) in [5.41, 5.74) is 1.14. The molecule has 27 heavy (non-hydrogen) atoms. The van der Waals surface area contributed by atoms with E-state index in [2.05, 4.69) is 0 Å². The van der Waals surface area contributed by atoms with Gasteiger partial charge in [0.2, 0.25) is 0 Å². The summed E-state index contributed by atoms with van der Waals surface area (Å²) in [4.78, 5) is 26.4. The first-order valence-corrected chi connectivity index (χ1v) is 10.4. The summed E-state index contributed by atoms with van der Waals surface area (Å²) in [5, 5.41) is -0.632. The number of sulfone groups is 1. The standard InChI is InChI=1S/C20H21NO5S/c1-26-20(23)17-10-6-5-9-16(17)19(22)21-12-11-18(27(24,25)14-13-21)15-7-3-2-4-8-15/h2-10,18H,11-14H2,1H3. The molecule has 142 valence electrons. The quantitative estimate of drug-likeness (QED) is 0.756. The molecule has 0 radical (unpaired) electrons. The van der Waals surface area contributed by atoms with Gasteiger partial charge in [-0.3, -0.25) is 4.79 Å². The Bertz CT molecular complexity index is 940. The highest BCUT2D eigenvalue weighted by atomic mass is 32.2. The third-order valence-corrected chi connectivity index (χ3v) is 6.89. The summed E-state index contributed by atoms with van der Waals surface area (Å²) >= 11 is 0. The molecule has 0 spiro atoms. The Labute approximate surface area is 158 Å². The lowest BCUT2D eigenvalue weighted by Gasteiger charge is -2.21. The van der Waals surface area contributed by atoms with Gasteiger partial charge in [0.15, 0.2) is 9.84 Å². The number of rotatable bonds is 3. The topological polar surface area (TPSA) is 80.8 Å². The number of nitrogens with zero attached hydrogens (tertiary/aromatic N) is 1. The SMILES string of the molecule is COC(=O)c1ccccc1C(=O)N1CCC(c2ccccc2)S(=O)(=O)CC1. The molecular weight excluding hydrogens is 366 g/mol. The Morgan fingerprint density at radius 1 is 0.963 bits per heavy atom. The second-order valence-corrected chi connectivity index (χ2v) is 8.69. The van der Waals surface area contributed by atoms with Crippen molar-refractivity contribution < 1.29 is 22.7 Å². The fraction of sp³-hybridized carbons (Fsp3) is 0.300. The van der Waals surface area contributed by atoms with Gasteiger partial charge in [0.25, 0.3) is 5.91 Å². The molecule has 0 N–H and O–H groups in total. The molecule has 1 amide bonds. The van der Waals surface area contributed by atoms with Crippen LogP contribution in [-0.2, 0) is 14.6 Å². The molecule has 2 aromatic carbocycles. The number of ether oxygens (including phenoxy) is 1. The van der Waals surface area contributed by atoms with Crippen LogP contribution in [-0.4, -0.2) is 51.1 Å². The van der Waals surface area contributed by atoms with E-state index in [1.54, 1.807) is 30.3 Å². The molecular formula is C20H21NO5S. The van der Waals surface area contributed by atoms with E-state index in [9.17, 15) is 18.0 Å². The van der Waals surface area contributed by atoms with Crippen molar-refractivity contribution in [3.8, 4) is 0 Å². The predicted molar refractivity (Wildman–Crippen MR) is 101 cm³/mol. The molecule has 1 atom stereocenters. The molecule has 1 saturated heterocycles. The summed E-state index contributed by atoms with van der Waals surface area (Å²) in [7, 11) is -2.12. The molecule has 0 aromatic heterocycles. The molecule has 7 heteroatoms. The van der Waals surface area contributed by atoms with Crippen LogP contribution in [0.2, 0.25) is 0 Å². The third-order valence-electron chi connectivity index (χ3n) is 4.76. The smallest absolute Gasteiger partial charge is 0.338 e. The molecule has 2 aromatic rings. The van der Waals surface area contributed by atoms with Crippen LogP contribution < -0.4 is 0 Å². The number of hydrogen-bond donors (Lipinski definition) is 0. The van der Waals surface area contributed by atoms with E-state index < -0.39 is 21.1 Å². The maximum atomic E-state index is 13.0. The highest BCUT2D eigenvalue weighted by Gasteiger charge is 2.33. The van der Waals surface area contributed by atoms with Gasteiger partial charge >= 0.3 is 5.97 Å². The van der Waals surface area contributed by atoms with E-state index in [1.165, 1.54) is 18.1 Å². The van der Waals surface area contributed by atoms with Gasteiger partial charge in [0, 0.05) is 13.1 Å². The van der Waals surface area contributed by atoms with E-state index in [1.807, 2.05) is 18.2 Å². The summed E-state index contributed by atoms with van der Waals surface area (Å²) < 4.78 is 30.2. The van der Waals surface area contributed by atoms with Crippen LogP contribution in [0.25, 0.3) is 0 Å². The summed E-state index contributed by atoms with van der Waals surface area (Å²) in [5.74, 6) is -1.07. The van der Waals surface area contributed by atoms with Crippen LogP contribution >= 0.6 is 0 Å². The van der Waals surface area contributed by atoms with E-state index >= 15 is 0 Å². The van der Waals surface area contributed by atoms with Crippen molar-refractivity contribution in [1.29, 1.82) is 0 Å². The fourth-order valence-corrected chi connectivity index (χ4v) is 5.11. The van der Waals surface area contributed by atoms with Gasteiger partial charge in [-0.25, -0.2) is 13.2 Å². The summed E-state index contributed by atoms with van der Waals surface area (Å²) in [6.07, 6.45) is 0.318. The maximum Gasteiger partial charge on any atom is 0.338 e. The Morgan fingerprint density at radius 2 is 1.59 bits per heavy atom. The normalized spacial score (nSPS) is 19.1. The van der Waals surface area contributed by atoms with Crippen LogP contribution in [0.5, 0.6) is 0 Å². The molecule has 0 bridgehead atoms. The van der Waals surface area contributed by atoms with Crippen LogP contribution in [0.15, 0.2) is 54.6 Å². The van der Waals surface area contributed by atoms with Crippen molar-refractivity contribution in [2.45, 2.75) is 11.7 Å². The van der Waals surface area contributed by atoms with Crippen LogP contribution in [0.4, 0.5) is 0 Å². The first-order valence-electron chi connectivity index (χ1n) is 8.67. The molecule has 3 rings (SSSR count). The van der Waals surface area contributed by atoms with Crippen molar-refractivity contribution in [2.75, 3.05) is 26.0 Å². The number of carbonyl (C=O) groups excluding carboxylic acids is 2. The molecule has 1 aliphatic rings. The highest BCUT2D eigenvalue weighted by molar-refractivity contribution is 7.91. The zero-order chi connectivity index (χ0) is 19.4. The lowest BCUT2D eigenvalue weighted by atomic mass is 10.1. The molecule has 6 nitrogen and oxygen atoms in total. The number of benzene rings is 2. The van der Waals surface area contributed by atoms with Crippen LogP contribution in [0.1, 0.15) is 38.0 Å². The van der Waals surface area contributed by atoms with Crippen molar-refractivity contribution >= 4 is 21.7 Å². The lowest BCUT2D eigenvalue weighted by Crippen LogP contribution is -2.34. The first kappa shape index (κ1) is 19.1. The van der Waals surface area contributed by atoms with Gasteiger partial charge in [-0.2, -0.15) is 0 Å². The van der Waals surface area contributed by atoms with Gasteiger partial charge in [0.1, 0.15) is 0 Å². The second-order valence-electron chi connectivity index (χ2n) is 6.38. The average molecular weight is 387 g/mol. The lowest BCUT2D eigenvalue weighted by molar-refractivity contribution is 0.0590. The van der Waals surface area contributed by atoms with Gasteiger partial charge in [0.05, 0.1) is 29.2 Å². The van der Waals surface area contributed by atoms with Gasteiger partial charge in [-0.1, -0.05) is 42.5 Å². The van der Waals surface area contributed by atoms with E-state index in [4.69, 9.17) is 4.74 Å². The average Bonchev–Trinajstić information content (AvgIpc) is 2.85. The van der Waals surface area contributed by atoms with E-state index in [-0.39, 0.29) is 29.3 Å². The van der Waals surface area contributed by atoms with Gasteiger partial charge in [-0.15, -0.1) is 0 Å². The number of esters is 1. The number of carbonyl (C=O) groups is 2. The Morgan fingerprint density at radius 3 is 2.26 bits per heavy atom.